The fourth-order valence-electron chi connectivity index (χ4n) is 8.13. The summed E-state index contributed by atoms with van der Waals surface area (Å²) in [6.45, 7) is 7.94. The van der Waals surface area contributed by atoms with Gasteiger partial charge in [-0.1, -0.05) is 113 Å². The van der Waals surface area contributed by atoms with Crippen molar-refractivity contribution in [2.24, 2.45) is 17.8 Å². The van der Waals surface area contributed by atoms with Crippen molar-refractivity contribution in [2.45, 2.75) is 122 Å². The Morgan fingerprint density at radius 2 is 1.39 bits per heavy atom. The minimum atomic E-state index is -0.356. The van der Waals surface area contributed by atoms with Crippen LogP contribution in [0.15, 0.2) is 72.8 Å². The summed E-state index contributed by atoms with van der Waals surface area (Å²) < 4.78 is 5.30. The van der Waals surface area contributed by atoms with Crippen LogP contribution in [-0.2, 0) is 22.4 Å². The molecule has 3 heteroatoms. The van der Waals surface area contributed by atoms with Crippen LogP contribution in [0.1, 0.15) is 131 Å². The monoisotopic (exact) mass is 622 g/mol. The maximum atomic E-state index is 11.7. The normalized spacial score (nSPS) is 22.4. The second kappa shape index (κ2) is 17.3. The lowest BCUT2D eigenvalue weighted by Gasteiger charge is -2.30. The van der Waals surface area contributed by atoms with Crippen LogP contribution < -0.4 is 0 Å². The Morgan fingerprint density at radius 1 is 0.783 bits per heavy atom. The molecule has 2 aliphatic rings. The maximum absolute atomic E-state index is 11.7. The van der Waals surface area contributed by atoms with Gasteiger partial charge in [0.25, 0.3) is 0 Å². The van der Waals surface area contributed by atoms with E-state index in [1.54, 1.807) is 6.92 Å². The smallest absolute Gasteiger partial charge is 0.333 e. The molecule has 0 bridgehead atoms. The van der Waals surface area contributed by atoms with Crippen LogP contribution in [0.3, 0.4) is 0 Å². The maximum Gasteiger partial charge on any atom is 0.333 e. The molecule has 2 fully saturated rings. The van der Waals surface area contributed by atoms with Crippen LogP contribution >= 0.6 is 0 Å². The zero-order chi connectivity index (χ0) is 32.3. The summed E-state index contributed by atoms with van der Waals surface area (Å²) in [5.41, 5.74) is 6.44. The van der Waals surface area contributed by atoms with Crippen molar-refractivity contribution in [1.29, 1.82) is 0 Å². The van der Waals surface area contributed by atoms with E-state index < -0.39 is 0 Å². The van der Waals surface area contributed by atoms with Gasteiger partial charge in [-0.3, -0.25) is 0 Å². The van der Waals surface area contributed by atoms with Gasteiger partial charge in [0.15, 0.2) is 0 Å². The van der Waals surface area contributed by atoms with Crippen molar-refractivity contribution < 1.29 is 14.6 Å². The van der Waals surface area contributed by atoms with Gasteiger partial charge < -0.3 is 9.84 Å². The van der Waals surface area contributed by atoms with Crippen molar-refractivity contribution in [3.63, 3.8) is 0 Å². The molecular formula is C43H58O3. The number of ether oxygens (including phenoxy) is 1. The molecule has 2 saturated carbocycles. The molecule has 3 aromatic rings. The fourth-order valence-corrected chi connectivity index (χ4v) is 8.13. The lowest BCUT2D eigenvalue weighted by Crippen LogP contribution is -2.23. The average Bonchev–Trinajstić information content (AvgIpc) is 3.09. The number of unbranched alkanes of at least 4 members (excludes halogenated alkanes) is 2. The molecule has 0 heterocycles. The Labute approximate surface area is 278 Å². The molecule has 5 rings (SSSR count). The molecule has 1 unspecified atom stereocenters. The number of rotatable bonds is 15. The molecule has 3 nitrogen and oxygen atoms in total. The number of aliphatic hydroxyl groups is 1. The summed E-state index contributed by atoms with van der Waals surface area (Å²) in [7, 11) is 0. The summed E-state index contributed by atoms with van der Waals surface area (Å²) in [6.07, 6.45) is 18.6. The molecule has 0 aliphatic heterocycles. The third-order valence-corrected chi connectivity index (χ3v) is 11.2. The molecule has 46 heavy (non-hydrogen) atoms. The molecular weight excluding hydrogens is 564 g/mol. The van der Waals surface area contributed by atoms with E-state index in [9.17, 15) is 9.90 Å². The number of carbonyl (C=O) groups is 1. The van der Waals surface area contributed by atoms with E-state index >= 15 is 0 Å². The predicted octanol–water partition coefficient (Wildman–Crippen LogP) is 10.9. The molecule has 3 aromatic carbocycles. The first-order valence-electron chi connectivity index (χ1n) is 18.5. The average molecular weight is 623 g/mol. The SMILES string of the molecule is C=C(C)C(=O)OCC(CO)CC1CCC(CCc2ccc(C3CCC(c4ccc5cc(CCCCC)ccc5c4)CC3)cc2)CC1. The van der Waals surface area contributed by atoms with Gasteiger partial charge in [-0.05, 0) is 121 Å². The van der Waals surface area contributed by atoms with Crippen molar-refractivity contribution in [3.8, 4) is 0 Å². The molecule has 248 valence electrons. The third kappa shape index (κ3) is 9.80. The highest BCUT2D eigenvalue weighted by atomic mass is 16.5. The highest BCUT2D eigenvalue weighted by molar-refractivity contribution is 5.87. The summed E-state index contributed by atoms with van der Waals surface area (Å²) >= 11 is 0. The minimum Gasteiger partial charge on any atom is -0.462 e. The number of fused-ring (bicyclic) bond motifs is 1. The van der Waals surface area contributed by atoms with Gasteiger partial charge in [-0.25, -0.2) is 4.79 Å². The fraction of sp³-hybridized carbons (Fsp3) is 0.558. The third-order valence-electron chi connectivity index (χ3n) is 11.2. The van der Waals surface area contributed by atoms with E-state index in [4.69, 9.17) is 4.74 Å². The van der Waals surface area contributed by atoms with Gasteiger partial charge in [0.1, 0.15) is 0 Å². The topological polar surface area (TPSA) is 46.5 Å². The number of esters is 1. The van der Waals surface area contributed by atoms with Crippen molar-refractivity contribution in [1.82, 2.24) is 0 Å². The number of carbonyl (C=O) groups excluding carboxylic acids is 1. The summed E-state index contributed by atoms with van der Waals surface area (Å²) in [4.78, 5) is 11.7. The first-order valence-corrected chi connectivity index (χ1v) is 18.5. The van der Waals surface area contributed by atoms with Gasteiger partial charge in [0.05, 0.1) is 6.61 Å². The first kappa shape index (κ1) is 34.4. The van der Waals surface area contributed by atoms with E-state index in [1.165, 1.54) is 123 Å². The number of benzene rings is 3. The number of hydrogen-bond donors (Lipinski definition) is 1. The van der Waals surface area contributed by atoms with E-state index in [0.717, 1.165) is 12.3 Å². The van der Waals surface area contributed by atoms with Crippen LogP contribution in [0.5, 0.6) is 0 Å². The number of aryl methyl sites for hydroxylation is 2. The second-order valence-corrected chi connectivity index (χ2v) is 14.8. The quantitative estimate of drug-likeness (QED) is 0.104. The van der Waals surface area contributed by atoms with Crippen LogP contribution in [0, 0.1) is 17.8 Å². The van der Waals surface area contributed by atoms with E-state index in [1.807, 2.05) is 0 Å². The van der Waals surface area contributed by atoms with Crippen LogP contribution in [0.4, 0.5) is 0 Å². The first-order chi connectivity index (χ1) is 22.4. The minimum absolute atomic E-state index is 0.0330. The molecule has 2 aliphatic carbocycles. The number of hydrogen-bond acceptors (Lipinski definition) is 3. The molecule has 0 aromatic heterocycles. The van der Waals surface area contributed by atoms with Crippen molar-refractivity contribution in [2.75, 3.05) is 13.2 Å². The van der Waals surface area contributed by atoms with E-state index in [0.29, 0.717) is 29.9 Å². The predicted molar refractivity (Wildman–Crippen MR) is 192 cm³/mol. The highest BCUT2D eigenvalue weighted by Crippen LogP contribution is 2.41. The molecule has 1 N–H and O–H groups in total. The number of aliphatic hydroxyl groups excluding tert-OH is 1. The summed E-state index contributed by atoms with van der Waals surface area (Å²) in [5, 5.41) is 12.6. The Kier molecular flexibility index (Phi) is 12.9. The van der Waals surface area contributed by atoms with Crippen LogP contribution in [-0.4, -0.2) is 24.3 Å². The zero-order valence-electron chi connectivity index (χ0n) is 28.7. The van der Waals surface area contributed by atoms with Gasteiger partial charge in [-0.2, -0.15) is 0 Å². The van der Waals surface area contributed by atoms with Crippen LogP contribution in [0.25, 0.3) is 10.8 Å². The Hall–Kier alpha value is -2.91. The van der Waals surface area contributed by atoms with E-state index in [2.05, 4.69) is 74.2 Å². The van der Waals surface area contributed by atoms with Crippen molar-refractivity contribution in [3.05, 3.63) is 95.1 Å². The van der Waals surface area contributed by atoms with Gasteiger partial charge in [0.2, 0.25) is 0 Å². The molecule has 0 saturated heterocycles. The largest absolute Gasteiger partial charge is 0.462 e. The van der Waals surface area contributed by atoms with Gasteiger partial charge >= 0.3 is 5.97 Å². The zero-order valence-corrected chi connectivity index (χ0v) is 28.7. The Balaban J connectivity index is 1.02. The molecule has 0 amide bonds. The lowest BCUT2D eigenvalue weighted by molar-refractivity contribution is -0.140. The highest BCUT2D eigenvalue weighted by Gasteiger charge is 2.26. The van der Waals surface area contributed by atoms with Gasteiger partial charge in [0, 0.05) is 18.1 Å². The second-order valence-electron chi connectivity index (χ2n) is 14.8. The standard InChI is InChI=1S/C43H58O3/c1-4-5-6-7-34-16-19-42-28-41(25-24-40(42)27-34)39-22-20-38(21-23-39)37-17-14-33(15-18-37)9-8-32-10-12-35(13-11-32)26-36(29-44)30-46-43(45)31(2)3/h14-19,24-25,27-28,32,35-36,38-39,44H,2,4-13,20-23,26,29-30H2,1,3H3. The van der Waals surface area contributed by atoms with E-state index in [-0.39, 0.29) is 18.5 Å². The Morgan fingerprint density at radius 3 is 2.07 bits per heavy atom. The molecule has 0 radical (unpaired) electrons. The summed E-state index contributed by atoms with van der Waals surface area (Å²) in [5.74, 6) is 2.48. The van der Waals surface area contributed by atoms with Crippen molar-refractivity contribution >= 4 is 16.7 Å². The summed E-state index contributed by atoms with van der Waals surface area (Å²) in [6, 6.07) is 24.0. The lowest BCUT2D eigenvalue weighted by atomic mass is 9.75. The molecule has 1 atom stereocenters. The van der Waals surface area contributed by atoms with Gasteiger partial charge in [-0.15, -0.1) is 0 Å². The Bertz CT molecular complexity index is 1390. The molecule has 0 spiro atoms. The van der Waals surface area contributed by atoms with Crippen LogP contribution in [0.2, 0.25) is 0 Å².